The van der Waals surface area contributed by atoms with Gasteiger partial charge in [-0.15, -0.1) is 0 Å². The first-order chi connectivity index (χ1) is 7.92. The molecule has 0 saturated carbocycles. The van der Waals surface area contributed by atoms with Crippen LogP contribution >= 0.6 is 0 Å². The van der Waals surface area contributed by atoms with Crippen molar-refractivity contribution in [2.45, 2.75) is 6.42 Å². The number of sulfonamides is 1. The molecule has 92 valence electrons. The van der Waals surface area contributed by atoms with Gasteiger partial charge < -0.3 is 5.11 Å². The van der Waals surface area contributed by atoms with Crippen molar-refractivity contribution in [3.63, 3.8) is 0 Å². The second kappa shape index (κ2) is 3.99. The van der Waals surface area contributed by atoms with Gasteiger partial charge in [-0.3, -0.25) is 4.31 Å². The lowest BCUT2D eigenvalue weighted by molar-refractivity contribution is 0.0696. The molecule has 0 bridgehead atoms. The number of hydrogen-bond acceptors (Lipinski definition) is 3. The fraction of sp³-hybridized carbons (Fsp3) is 0.300. The Morgan fingerprint density at radius 3 is 2.59 bits per heavy atom. The Morgan fingerprint density at radius 1 is 1.41 bits per heavy atom. The number of rotatable bonds is 2. The van der Waals surface area contributed by atoms with Gasteiger partial charge in [0.25, 0.3) is 0 Å². The second-order valence-electron chi connectivity index (χ2n) is 3.71. The van der Waals surface area contributed by atoms with Gasteiger partial charge in [-0.05, 0) is 24.6 Å². The number of nitrogens with zero attached hydrogens (tertiary/aromatic N) is 1. The van der Waals surface area contributed by atoms with E-state index in [2.05, 4.69) is 0 Å². The topological polar surface area (TPSA) is 74.7 Å². The smallest absolute Gasteiger partial charge is 0.335 e. The molecule has 5 nitrogen and oxygen atoms in total. The highest BCUT2D eigenvalue weighted by Crippen LogP contribution is 2.27. The Morgan fingerprint density at radius 2 is 2.12 bits per heavy atom. The van der Waals surface area contributed by atoms with E-state index in [0.29, 0.717) is 6.42 Å². The van der Waals surface area contributed by atoms with Crippen LogP contribution in [0.5, 0.6) is 0 Å². The van der Waals surface area contributed by atoms with Crippen LogP contribution in [0.15, 0.2) is 18.2 Å². The van der Waals surface area contributed by atoms with Crippen molar-refractivity contribution in [3.8, 4) is 0 Å². The lowest BCUT2D eigenvalue weighted by Gasteiger charge is -2.17. The molecule has 2 rings (SSSR count). The predicted octanol–water partition coefficient (Wildman–Crippen LogP) is 1.06. The number of anilines is 1. The molecule has 0 radical (unpaired) electrons. The van der Waals surface area contributed by atoms with Gasteiger partial charge in [0, 0.05) is 6.54 Å². The summed E-state index contributed by atoms with van der Waals surface area (Å²) in [7, 11) is -3.45. The van der Waals surface area contributed by atoms with Gasteiger partial charge in [-0.1, -0.05) is 0 Å². The van der Waals surface area contributed by atoms with Crippen LogP contribution in [0, 0.1) is 5.82 Å². The maximum absolute atomic E-state index is 13.6. The van der Waals surface area contributed by atoms with Crippen LogP contribution < -0.4 is 4.31 Å². The zero-order valence-corrected chi connectivity index (χ0v) is 9.58. The minimum absolute atomic E-state index is 0.00682. The molecular weight excluding hydrogens is 249 g/mol. The number of halogens is 1. The summed E-state index contributed by atoms with van der Waals surface area (Å²) in [6, 6.07) is 3.20. The van der Waals surface area contributed by atoms with E-state index in [1.165, 1.54) is 12.1 Å². The maximum Gasteiger partial charge on any atom is 0.335 e. The molecule has 1 aromatic rings. The molecule has 0 spiro atoms. The first-order valence-corrected chi connectivity index (χ1v) is 6.56. The number of carboxylic acids is 1. The summed E-state index contributed by atoms with van der Waals surface area (Å²) in [5, 5.41) is 8.67. The monoisotopic (exact) mass is 259 g/mol. The molecule has 1 aliphatic heterocycles. The van der Waals surface area contributed by atoms with Crippen molar-refractivity contribution in [1.29, 1.82) is 0 Å². The molecule has 1 heterocycles. The van der Waals surface area contributed by atoms with Crippen molar-refractivity contribution in [3.05, 3.63) is 29.6 Å². The quantitative estimate of drug-likeness (QED) is 0.861. The van der Waals surface area contributed by atoms with Gasteiger partial charge in [0.05, 0.1) is 17.0 Å². The normalized spacial score (nSPS) is 18.3. The summed E-state index contributed by atoms with van der Waals surface area (Å²) in [4.78, 5) is 10.6. The first kappa shape index (κ1) is 11.8. The number of carboxylic acid groups (broad SMARTS) is 1. The summed E-state index contributed by atoms with van der Waals surface area (Å²) in [5.74, 6) is -2.09. The van der Waals surface area contributed by atoms with Gasteiger partial charge >= 0.3 is 5.97 Å². The summed E-state index contributed by atoms with van der Waals surface area (Å²) < 4.78 is 37.8. The van der Waals surface area contributed by atoms with Crippen LogP contribution in [0.3, 0.4) is 0 Å². The number of aromatic carboxylic acids is 1. The minimum atomic E-state index is -3.45. The maximum atomic E-state index is 13.6. The largest absolute Gasteiger partial charge is 0.478 e. The third-order valence-corrected chi connectivity index (χ3v) is 4.42. The van der Waals surface area contributed by atoms with E-state index < -0.39 is 21.8 Å². The third-order valence-electron chi connectivity index (χ3n) is 2.56. The molecule has 17 heavy (non-hydrogen) atoms. The Hall–Kier alpha value is -1.63. The standard InChI is InChI=1S/C10H10FNO4S/c11-8-6-7(10(13)14)2-3-9(8)12-4-1-5-17(12,15)16/h2-3,6H,1,4-5H2,(H,13,14). The van der Waals surface area contributed by atoms with Crippen molar-refractivity contribution in [2.75, 3.05) is 16.6 Å². The van der Waals surface area contributed by atoms with E-state index >= 15 is 0 Å². The van der Waals surface area contributed by atoms with Gasteiger partial charge in [-0.25, -0.2) is 17.6 Å². The van der Waals surface area contributed by atoms with Gasteiger partial charge in [-0.2, -0.15) is 0 Å². The van der Waals surface area contributed by atoms with E-state index in [9.17, 15) is 17.6 Å². The Labute approximate surface area is 97.5 Å². The van der Waals surface area contributed by atoms with E-state index in [0.717, 1.165) is 10.4 Å². The highest BCUT2D eigenvalue weighted by atomic mass is 32.2. The lowest BCUT2D eigenvalue weighted by Crippen LogP contribution is -2.26. The number of hydrogen-bond donors (Lipinski definition) is 1. The summed E-state index contributed by atoms with van der Waals surface area (Å²) in [5.41, 5.74) is -0.296. The fourth-order valence-electron chi connectivity index (χ4n) is 1.75. The molecule has 0 aliphatic carbocycles. The van der Waals surface area contributed by atoms with Crippen LogP contribution in [0.4, 0.5) is 10.1 Å². The second-order valence-corrected chi connectivity index (χ2v) is 5.73. The molecule has 0 unspecified atom stereocenters. The summed E-state index contributed by atoms with van der Waals surface area (Å²) in [6.07, 6.45) is 0.447. The fourth-order valence-corrected chi connectivity index (χ4v) is 3.32. The SMILES string of the molecule is O=C(O)c1ccc(N2CCCS2(=O)=O)c(F)c1. The average Bonchev–Trinajstić information content (AvgIpc) is 2.58. The summed E-state index contributed by atoms with van der Waals surface area (Å²) in [6.45, 7) is 0.228. The van der Waals surface area contributed by atoms with Crippen LogP contribution in [0.1, 0.15) is 16.8 Å². The van der Waals surface area contributed by atoms with Crippen LogP contribution in [-0.2, 0) is 10.0 Å². The van der Waals surface area contributed by atoms with Crippen molar-refractivity contribution in [1.82, 2.24) is 0 Å². The van der Waals surface area contributed by atoms with E-state index in [1.54, 1.807) is 0 Å². The van der Waals surface area contributed by atoms with E-state index in [4.69, 9.17) is 5.11 Å². The molecule has 1 fully saturated rings. The highest BCUT2D eigenvalue weighted by Gasteiger charge is 2.30. The van der Waals surface area contributed by atoms with Crippen molar-refractivity contribution >= 4 is 21.7 Å². The Bertz CT molecular complexity index is 570. The minimum Gasteiger partial charge on any atom is -0.478 e. The summed E-state index contributed by atoms with van der Waals surface area (Å²) >= 11 is 0. The lowest BCUT2D eigenvalue weighted by atomic mass is 10.2. The van der Waals surface area contributed by atoms with Crippen LogP contribution in [-0.4, -0.2) is 31.8 Å². The van der Waals surface area contributed by atoms with Gasteiger partial charge in [0.1, 0.15) is 5.82 Å². The van der Waals surface area contributed by atoms with Crippen molar-refractivity contribution < 1.29 is 22.7 Å². The molecule has 1 saturated heterocycles. The van der Waals surface area contributed by atoms with Crippen LogP contribution in [0.25, 0.3) is 0 Å². The molecule has 0 atom stereocenters. The molecule has 0 amide bonds. The Kier molecular flexibility index (Phi) is 2.78. The molecule has 7 heteroatoms. The first-order valence-electron chi connectivity index (χ1n) is 4.95. The molecular formula is C10H10FNO4S. The molecule has 0 aromatic heterocycles. The third kappa shape index (κ3) is 2.10. The predicted molar refractivity (Wildman–Crippen MR) is 59.1 cm³/mol. The number of benzene rings is 1. The molecule has 1 aliphatic rings. The molecule has 1 N–H and O–H groups in total. The van der Waals surface area contributed by atoms with E-state index in [-0.39, 0.29) is 23.5 Å². The van der Waals surface area contributed by atoms with E-state index in [1.807, 2.05) is 0 Å². The zero-order valence-electron chi connectivity index (χ0n) is 8.76. The van der Waals surface area contributed by atoms with Crippen molar-refractivity contribution in [2.24, 2.45) is 0 Å². The highest BCUT2D eigenvalue weighted by molar-refractivity contribution is 7.93. The zero-order chi connectivity index (χ0) is 12.6. The van der Waals surface area contributed by atoms with Gasteiger partial charge in [0.15, 0.2) is 0 Å². The number of carbonyl (C=O) groups is 1. The molecule has 1 aromatic carbocycles. The van der Waals surface area contributed by atoms with Gasteiger partial charge in [0.2, 0.25) is 10.0 Å². The Balaban J connectivity index is 2.44. The average molecular weight is 259 g/mol. The van der Waals surface area contributed by atoms with Crippen LogP contribution in [0.2, 0.25) is 0 Å².